The molecule has 0 aliphatic heterocycles. The summed E-state index contributed by atoms with van der Waals surface area (Å²) >= 11 is 0. The molecule has 62 valence electrons. The second-order valence-electron chi connectivity index (χ2n) is 2.88. The molecule has 12 heavy (non-hydrogen) atoms. The second kappa shape index (κ2) is 2.55. The monoisotopic (exact) mass is 163 g/mol. The number of carbonyl (C=O) groups is 1. The van der Waals surface area contributed by atoms with E-state index in [1.165, 1.54) is 0 Å². The van der Waals surface area contributed by atoms with Gasteiger partial charge in [-0.3, -0.25) is 4.79 Å². The van der Waals surface area contributed by atoms with Gasteiger partial charge in [0.05, 0.1) is 11.9 Å². The third kappa shape index (κ3) is 1.05. The van der Waals surface area contributed by atoms with E-state index in [2.05, 4.69) is 10.3 Å². The van der Waals surface area contributed by atoms with Crippen LogP contribution in [0, 0.1) is 0 Å². The summed E-state index contributed by atoms with van der Waals surface area (Å²) < 4.78 is 1.68. The summed E-state index contributed by atoms with van der Waals surface area (Å²) in [5.74, 6) is 0.200. The molecule has 0 unspecified atom stereocenters. The predicted molar refractivity (Wildman–Crippen MR) is 43.2 cm³/mol. The van der Waals surface area contributed by atoms with Crippen LogP contribution in [0.2, 0.25) is 0 Å². The summed E-state index contributed by atoms with van der Waals surface area (Å²) in [6.45, 7) is 0. The Hall–Kier alpha value is -1.45. The van der Waals surface area contributed by atoms with Crippen molar-refractivity contribution in [3.63, 3.8) is 0 Å². The van der Waals surface area contributed by atoms with Gasteiger partial charge in [-0.05, 0) is 18.1 Å². The van der Waals surface area contributed by atoms with Gasteiger partial charge in [-0.15, -0.1) is 5.10 Å². The van der Waals surface area contributed by atoms with Gasteiger partial charge in [-0.1, -0.05) is 5.21 Å². The number of hydrogen-bond acceptors (Lipinski definition) is 3. The molecule has 2 rings (SSSR count). The number of ketones is 1. The fourth-order valence-electron chi connectivity index (χ4n) is 1.38. The number of hydrogen-bond donors (Lipinski definition) is 0. The fourth-order valence-corrected chi connectivity index (χ4v) is 1.38. The molecular formula is C8H9N3O. The zero-order valence-electron chi connectivity index (χ0n) is 6.82. The van der Waals surface area contributed by atoms with Crippen molar-refractivity contribution in [2.75, 3.05) is 0 Å². The number of aromatic nitrogens is 3. The van der Waals surface area contributed by atoms with E-state index in [1.807, 2.05) is 7.05 Å². The van der Waals surface area contributed by atoms with Gasteiger partial charge in [0.25, 0.3) is 0 Å². The lowest BCUT2D eigenvalue weighted by Crippen LogP contribution is -1.95. The first-order valence-electron chi connectivity index (χ1n) is 3.86. The summed E-state index contributed by atoms with van der Waals surface area (Å²) in [5.41, 5.74) is 1.99. The van der Waals surface area contributed by atoms with E-state index in [1.54, 1.807) is 17.0 Å². The topological polar surface area (TPSA) is 47.8 Å². The van der Waals surface area contributed by atoms with Crippen molar-refractivity contribution in [3.8, 4) is 0 Å². The highest BCUT2D eigenvalue weighted by Gasteiger charge is 2.15. The standard InChI is InChI=1S/C8H9N3O/c1-11-8(5-9-10-11)6-2-3-7(12)4-6/h4-5H,2-3H2,1H3. The van der Waals surface area contributed by atoms with Crippen LogP contribution in [0.25, 0.3) is 5.57 Å². The number of nitrogens with zero attached hydrogens (tertiary/aromatic N) is 3. The van der Waals surface area contributed by atoms with E-state index in [-0.39, 0.29) is 5.78 Å². The quantitative estimate of drug-likeness (QED) is 0.607. The van der Waals surface area contributed by atoms with E-state index in [0.717, 1.165) is 17.7 Å². The van der Waals surface area contributed by atoms with Gasteiger partial charge >= 0.3 is 0 Å². The highest BCUT2D eigenvalue weighted by atomic mass is 16.1. The minimum absolute atomic E-state index is 0.200. The highest BCUT2D eigenvalue weighted by Crippen LogP contribution is 2.24. The van der Waals surface area contributed by atoms with Gasteiger partial charge in [0.1, 0.15) is 0 Å². The number of allylic oxidation sites excluding steroid dienone is 2. The Morgan fingerprint density at radius 3 is 2.83 bits per heavy atom. The molecule has 0 amide bonds. The Morgan fingerprint density at radius 1 is 1.50 bits per heavy atom. The van der Waals surface area contributed by atoms with Gasteiger partial charge in [0, 0.05) is 13.5 Å². The van der Waals surface area contributed by atoms with Crippen LogP contribution in [0.5, 0.6) is 0 Å². The van der Waals surface area contributed by atoms with Crippen molar-refractivity contribution >= 4 is 11.4 Å². The predicted octanol–water partition coefficient (Wildman–Crippen LogP) is 0.561. The molecule has 0 spiro atoms. The SMILES string of the molecule is Cn1nncc1C1=CC(=O)CC1. The smallest absolute Gasteiger partial charge is 0.156 e. The van der Waals surface area contributed by atoms with Crippen molar-refractivity contribution in [2.45, 2.75) is 12.8 Å². The van der Waals surface area contributed by atoms with Gasteiger partial charge in [-0.25, -0.2) is 4.68 Å². The minimum atomic E-state index is 0.200. The van der Waals surface area contributed by atoms with E-state index < -0.39 is 0 Å². The van der Waals surface area contributed by atoms with Crippen molar-refractivity contribution in [1.29, 1.82) is 0 Å². The number of carbonyl (C=O) groups excluding carboxylic acids is 1. The lowest BCUT2D eigenvalue weighted by atomic mass is 10.2. The molecule has 0 N–H and O–H groups in total. The Kier molecular flexibility index (Phi) is 1.53. The fraction of sp³-hybridized carbons (Fsp3) is 0.375. The van der Waals surface area contributed by atoms with Crippen molar-refractivity contribution < 1.29 is 4.79 Å². The molecule has 1 aromatic rings. The molecule has 0 saturated carbocycles. The molecule has 0 fully saturated rings. The molecule has 0 saturated heterocycles. The highest BCUT2D eigenvalue weighted by molar-refractivity contribution is 6.01. The molecule has 1 aliphatic rings. The van der Waals surface area contributed by atoms with E-state index in [0.29, 0.717) is 6.42 Å². The third-order valence-electron chi connectivity index (χ3n) is 2.02. The maximum Gasteiger partial charge on any atom is 0.156 e. The van der Waals surface area contributed by atoms with Crippen LogP contribution in [0.1, 0.15) is 18.5 Å². The number of aryl methyl sites for hydroxylation is 1. The molecule has 0 bridgehead atoms. The molecule has 0 aromatic carbocycles. The summed E-state index contributed by atoms with van der Waals surface area (Å²) in [7, 11) is 1.83. The van der Waals surface area contributed by atoms with E-state index in [4.69, 9.17) is 0 Å². The van der Waals surface area contributed by atoms with Crippen molar-refractivity contribution in [2.24, 2.45) is 7.05 Å². The van der Waals surface area contributed by atoms with Crippen LogP contribution in [-0.4, -0.2) is 20.8 Å². The molecule has 4 nitrogen and oxygen atoms in total. The minimum Gasteiger partial charge on any atom is -0.295 e. The molecular weight excluding hydrogens is 154 g/mol. The first kappa shape index (κ1) is 7.21. The average Bonchev–Trinajstić information content (AvgIpc) is 2.58. The first-order valence-corrected chi connectivity index (χ1v) is 3.86. The molecule has 1 aliphatic carbocycles. The maximum absolute atomic E-state index is 10.9. The summed E-state index contributed by atoms with van der Waals surface area (Å²) in [6.07, 6.45) is 4.81. The molecule has 0 radical (unpaired) electrons. The summed E-state index contributed by atoms with van der Waals surface area (Å²) in [6, 6.07) is 0. The average molecular weight is 163 g/mol. The summed E-state index contributed by atoms with van der Waals surface area (Å²) in [4.78, 5) is 10.9. The van der Waals surface area contributed by atoms with Gasteiger partial charge in [0.2, 0.25) is 0 Å². The van der Waals surface area contributed by atoms with E-state index in [9.17, 15) is 4.79 Å². The van der Waals surface area contributed by atoms with Crippen LogP contribution in [0.3, 0.4) is 0 Å². The molecule has 0 atom stereocenters. The Bertz CT molecular complexity index is 351. The zero-order chi connectivity index (χ0) is 8.55. The van der Waals surface area contributed by atoms with Gasteiger partial charge in [-0.2, -0.15) is 0 Å². The summed E-state index contributed by atoms with van der Waals surface area (Å²) in [5, 5.41) is 7.55. The van der Waals surface area contributed by atoms with Crippen LogP contribution in [0.4, 0.5) is 0 Å². The lowest BCUT2D eigenvalue weighted by Gasteiger charge is -1.98. The number of rotatable bonds is 1. The zero-order valence-corrected chi connectivity index (χ0v) is 6.82. The van der Waals surface area contributed by atoms with Crippen molar-refractivity contribution in [1.82, 2.24) is 15.0 Å². The van der Waals surface area contributed by atoms with Crippen LogP contribution in [0.15, 0.2) is 12.3 Å². The molecule has 4 heteroatoms. The maximum atomic E-state index is 10.9. The normalized spacial score (nSPS) is 16.8. The molecule has 1 heterocycles. The Balaban J connectivity index is 2.38. The first-order chi connectivity index (χ1) is 5.77. The lowest BCUT2D eigenvalue weighted by molar-refractivity contribution is -0.114. The van der Waals surface area contributed by atoms with Gasteiger partial charge in [0.15, 0.2) is 5.78 Å². The molecule has 1 aromatic heterocycles. The Labute approximate surface area is 69.9 Å². The van der Waals surface area contributed by atoms with Crippen LogP contribution < -0.4 is 0 Å². The van der Waals surface area contributed by atoms with Crippen molar-refractivity contribution in [3.05, 3.63) is 18.0 Å². The van der Waals surface area contributed by atoms with E-state index >= 15 is 0 Å². The third-order valence-corrected chi connectivity index (χ3v) is 2.02. The largest absolute Gasteiger partial charge is 0.295 e. The second-order valence-corrected chi connectivity index (χ2v) is 2.88. The van der Waals surface area contributed by atoms with Gasteiger partial charge < -0.3 is 0 Å². The van der Waals surface area contributed by atoms with Crippen LogP contribution >= 0.6 is 0 Å². The van der Waals surface area contributed by atoms with Crippen LogP contribution in [-0.2, 0) is 11.8 Å². The Morgan fingerprint density at radius 2 is 2.33 bits per heavy atom.